The highest BCUT2D eigenvalue weighted by Gasteiger charge is 2.23. The molecule has 1 heterocycles. The van der Waals surface area contributed by atoms with Gasteiger partial charge in [0.15, 0.2) is 0 Å². The number of carbonyl (C=O) groups is 1. The first kappa shape index (κ1) is 20.4. The second-order valence-electron chi connectivity index (χ2n) is 7.08. The van der Waals surface area contributed by atoms with E-state index in [0.29, 0.717) is 25.9 Å². The van der Waals surface area contributed by atoms with Gasteiger partial charge in [-0.25, -0.2) is 17.9 Å². The van der Waals surface area contributed by atoms with E-state index < -0.39 is 10.0 Å². The smallest absolute Gasteiger partial charge is 0.410 e. The number of rotatable bonds is 5. The van der Waals surface area contributed by atoms with Crippen LogP contribution in [0.2, 0.25) is 0 Å². The van der Waals surface area contributed by atoms with Crippen LogP contribution in [0.4, 0.5) is 4.79 Å². The molecule has 7 heteroatoms. The lowest BCUT2D eigenvalue weighted by atomic mass is 10.0. The quantitative estimate of drug-likeness (QED) is 0.832. The maximum absolute atomic E-state index is 12.5. The lowest BCUT2D eigenvalue weighted by molar-refractivity contribution is 0.0974. The predicted octanol–water partition coefficient (Wildman–Crippen LogP) is 3.39. The van der Waals surface area contributed by atoms with Crippen LogP contribution in [0, 0.1) is 0 Å². The van der Waals surface area contributed by atoms with Gasteiger partial charge in [0.25, 0.3) is 0 Å². The number of sulfonamides is 1. The maximum Gasteiger partial charge on any atom is 0.410 e. The van der Waals surface area contributed by atoms with Gasteiger partial charge >= 0.3 is 6.09 Å². The minimum atomic E-state index is -3.24. The minimum absolute atomic E-state index is 0.133. The fourth-order valence-electron chi connectivity index (χ4n) is 3.48. The largest absolute Gasteiger partial charge is 0.445 e. The Labute approximate surface area is 166 Å². The number of likely N-dealkylation sites (tertiary alicyclic amines) is 1. The van der Waals surface area contributed by atoms with Crippen molar-refractivity contribution in [3.8, 4) is 11.1 Å². The average molecular weight is 403 g/mol. The molecule has 2 aromatic carbocycles. The normalized spacial score (nSPS) is 17.8. The van der Waals surface area contributed by atoms with Gasteiger partial charge in [-0.05, 0) is 36.0 Å². The van der Waals surface area contributed by atoms with Crippen molar-refractivity contribution in [2.45, 2.75) is 31.9 Å². The molecule has 0 aromatic heterocycles. The van der Waals surface area contributed by atoms with Crippen molar-refractivity contribution < 1.29 is 17.9 Å². The van der Waals surface area contributed by atoms with Gasteiger partial charge in [0.1, 0.15) is 6.61 Å². The molecule has 2 aromatic rings. The summed E-state index contributed by atoms with van der Waals surface area (Å²) in [5.41, 5.74) is 3.08. The minimum Gasteiger partial charge on any atom is -0.445 e. The van der Waals surface area contributed by atoms with Gasteiger partial charge in [-0.15, -0.1) is 0 Å². The highest BCUT2D eigenvalue weighted by molar-refractivity contribution is 7.88. The molecule has 1 N–H and O–H groups in total. The Balaban J connectivity index is 1.59. The molecule has 1 unspecified atom stereocenters. The number of carbonyl (C=O) groups excluding carboxylic acids is 1. The number of ether oxygens (including phenoxy) is 1. The summed E-state index contributed by atoms with van der Waals surface area (Å²) in [5.74, 6) is 0. The van der Waals surface area contributed by atoms with Crippen LogP contribution < -0.4 is 4.72 Å². The SMILES string of the molecule is CS(=O)(=O)NC1CCCN(C(=O)OCc2ccccc2-c2ccccc2)CC1. The number of benzene rings is 2. The van der Waals surface area contributed by atoms with Crippen molar-refractivity contribution in [1.82, 2.24) is 9.62 Å². The summed E-state index contributed by atoms with van der Waals surface area (Å²) in [5, 5.41) is 0. The van der Waals surface area contributed by atoms with Gasteiger partial charge in [-0.3, -0.25) is 0 Å². The number of nitrogens with one attached hydrogen (secondary N) is 1. The molecule has 1 fully saturated rings. The highest BCUT2D eigenvalue weighted by atomic mass is 32.2. The Morgan fingerprint density at radius 3 is 2.54 bits per heavy atom. The molecule has 0 radical (unpaired) electrons. The lowest BCUT2D eigenvalue weighted by Gasteiger charge is -2.20. The van der Waals surface area contributed by atoms with Gasteiger partial charge in [0.2, 0.25) is 10.0 Å². The summed E-state index contributed by atoms with van der Waals surface area (Å²) in [4.78, 5) is 14.2. The number of hydrogen-bond donors (Lipinski definition) is 1. The summed E-state index contributed by atoms with van der Waals surface area (Å²) >= 11 is 0. The van der Waals surface area contributed by atoms with E-state index in [1.807, 2.05) is 54.6 Å². The molecule has 28 heavy (non-hydrogen) atoms. The molecule has 0 spiro atoms. The first-order valence-corrected chi connectivity index (χ1v) is 11.3. The molecule has 1 atom stereocenters. The fraction of sp³-hybridized carbons (Fsp3) is 0.381. The van der Waals surface area contributed by atoms with E-state index in [-0.39, 0.29) is 18.7 Å². The monoisotopic (exact) mass is 402 g/mol. The van der Waals surface area contributed by atoms with Crippen molar-refractivity contribution in [3.05, 3.63) is 60.2 Å². The van der Waals surface area contributed by atoms with Gasteiger partial charge < -0.3 is 9.64 Å². The van der Waals surface area contributed by atoms with E-state index in [1.165, 1.54) is 0 Å². The molecule has 1 saturated heterocycles. The number of amides is 1. The first-order valence-electron chi connectivity index (χ1n) is 9.45. The first-order chi connectivity index (χ1) is 13.4. The van der Waals surface area contributed by atoms with Crippen molar-refractivity contribution in [2.24, 2.45) is 0 Å². The average Bonchev–Trinajstić information content (AvgIpc) is 2.91. The van der Waals surface area contributed by atoms with E-state index in [2.05, 4.69) is 4.72 Å². The molecule has 0 saturated carbocycles. The Bertz CT molecular complexity index is 900. The standard InChI is InChI=1S/C21H26N2O4S/c1-28(25,26)22-19-11-7-14-23(15-13-19)21(24)27-16-18-10-5-6-12-20(18)17-8-3-2-4-9-17/h2-6,8-10,12,19,22H,7,11,13-16H2,1H3. The lowest BCUT2D eigenvalue weighted by Crippen LogP contribution is -2.36. The zero-order chi connectivity index (χ0) is 20.0. The van der Waals surface area contributed by atoms with E-state index in [4.69, 9.17) is 4.74 Å². The Kier molecular flexibility index (Phi) is 6.70. The summed E-state index contributed by atoms with van der Waals surface area (Å²) in [6, 6.07) is 17.8. The maximum atomic E-state index is 12.5. The van der Waals surface area contributed by atoms with Gasteiger partial charge in [0, 0.05) is 19.1 Å². The summed E-state index contributed by atoms with van der Waals surface area (Å²) < 4.78 is 31.0. The molecule has 150 valence electrons. The van der Waals surface area contributed by atoms with Crippen LogP contribution in [-0.2, 0) is 21.4 Å². The molecule has 6 nitrogen and oxygen atoms in total. The van der Waals surface area contributed by atoms with Crippen LogP contribution in [0.5, 0.6) is 0 Å². The molecule has 0 bridgehead atoms. The molecule has 3 rings (SSSR count). The molecule has 1 amide bonds. The van der Waals surface area contributed by atoms with Gasteiger partial charge in [0.05, 0.1) is 6.26 Å². The topological polar surface area (TPSA) is 75.7 Å². The number of hydrogen-bond acceptors (Lipinski definition) is 4. The van der Waals surface area contributed by atoms with Crippen molar-refractivity contribution in [3.63, 3.8) is 0 Å². The molecule has 1 aliphatic rings. The molecular weight excluding hydrogens is 376 g/mol. The fourth-order valence-corrected chi connectivity index (χ4v) is 4.32. The van der Waals surface area contributed by atoms with Crippen LogP contribution in [0.15, 0.2) is 54.6 Å². The van der Waals surface area contributed by atoms with Gasteiger partial charge in [-0.2, -0.15) is 0 Å². The summed E-state index contributed by atoms with van der Waals surface area (Å²) in [6.07, 6.45) is 2.84. The Morgan fingerprint density at radius 1 is 1.07 bits per heavy atom. The van der Waals surface area contributed by atoms with E-state index in [1.54, 1.807) is 4.90 Å². The van der Waals surface area contributed by atoms with Crippen LogP contribution in [0.3, 0.4) is 0 Å². The second kappa shape index (κ2) is 9.21. The molecule has 1 aliphatic heterocycles. The Hall–Kier alpha value is -2.38. The van der Waals surface area contributed by atoms with E-state index in [0.717, 1.165) is 29.4 Å². The number of nitrogens with zero attached hydrogens (tertiary/aromatic N) is 1. The third-order valence-corrected chi connectivity index (χ3v) is 5.58. The van der Waals surface area contributed by atoms with Crippen LogP contribution in [0.25, 0.3) is 11.1 Å². The van der Waals surface area contributed by atoms with Crippen LogP contribution in [0.1, 0.15) is 24.8 Å². The second-order valence-corrected chi connectivity index (χ2v) is 8.86. The molecular formula is C21H26N2O4S. The van der Waals surface area contributed by atoms with Crippen molar-refractivity contribution >= 4 is 16.1 Å². The van der Waals surface area contributed by atoms with E-state index in [9.17, 15) is 13.2 Å². The van der Waals surface area contributed by atoms with Crippen molar-refractivity contribution in [1.29, 1.82) is 0 Å². The van der Waals surface area contributed by atoms with E-state index >= 15 is 0 Å². The molecule has 0 aliphatic carbocycles. The summed E-state index contributed by atoms with van der Waals surface area (Å²) in [7, 11) is -3.24. The van der Waals surface area contributed by atoms with Crippen LogP contribution >= 0.6 is 0 Å². The Morgan fingerprint density at radius 2 is 1.79 bits per heavy atom. The van der Waals surface area contributed by atoms with Crippen molar-refractivity contribution in [2.75, 3.05) is 19.3 Å². The highest BCUT2D eigenvalue weighted by Crippen LogP contribution is 2.24. The zero-order valence-corrected chi connectivity index (χ0v) is 16.8. The predicted molar refractivity (Wildman–Crippen MR) is 109 cm³/mol. The van der Waals surface area contributed by atoms with Gasteiger partial charge in [-0.1, -0.05) is 54.6 Å². The summed E-state index contributed by atoms with van der Waals surface area (Å²) in [6.45, 7) is 1.25. The third-order valence-electron chi connectivity index (χ3n) is 4.82. The third kappa shape index (κ3) is 5.81. The zero-order valence-electron chi connectivity index (χ0n) is 16.0. The van der Waals surface area contributed by atoms with Crippen LogP contribution in [-0.4, -0.2) is 44.8 Å².